The van der Waals surface area contributed by atoms with E-state index in [2.05, 4.69) is 0 Å². The number of hydrogen-bond acceptors (Lipinski definition) is 4. The molecule has 4 rings (SSSR count). The SMILES string of the molecule is COC(=O)c1ccc2c(c1)CCN2C(=O)C1CCCN(C(=O)c2ccc(Cl)cc2)C1. The Morgan fingerprint density at radius 3 is 2.50 bits per heavy atom. The van der Waals surface area contributed by atoms with E-state index in [1.54, 1.807) is 46.2 Å². The minimum absolute atomic E-state index is 0.0353. The van der Waals surface area contributed by atoms with Crippen LogP contribution < -0.4 is 4.90 Å². The van der Waals surface area contributed by atoms with E-state index in [1.807, 2.05) is 6.07 Å². The number of methoxy groups -OCH3 is 1. The van der Waals surface area contributed by atoms with Gasteiger partial charge in [0.15, 0.2) is 0 Å². The number of hydrogen-bond donors (Lipinski definition) is 0. The van der Waals surface area contributed by atoms with E-state index in [1.165, 1.54) is 7.11 Å². The van der Waals surface area contributed by atoms with Crippen molar-refractivity contribution in [2.75, 3.05) is 31.6 Å². The van der Waals surface area contributed by atoms with Crippen molar-refractivity contribution < 1.29 is 19.1 Å². The van der Waals surface area contributed by atoms with Crippen molar-refractivity contribution in [2.45, 2.75) is 19.3 Å². The molecule has 0 saturated carbocycles. The summed E-state index contributed by atoms with van der Waals surface area (Å²) < 4.78 is 4.78. The monoisotopic (exact) mass is 426 g/mol. The summed E-state index contributed by atoms with van der Waals surface area (Å²) in [5, 5.41) is 0.585. The number of amides is 2. The summed E-state index contributed by atoms with van der Waals surface area (Å²) in [6.45, 7) is 1.64. The zero-order chi connectivity index (χ0) is 21.3. The molecule has 30 heavy (non-hydrogen) atoms. The number of carbonyl (C=O) groups is 3. The third-order valence-electron chi connectivity index (χ3n) is 5.81. The largest absolute Gasteiger partial charge is 0.465 e. The Balaban J connectivity index is 1.47. The third kappa shape index (κ3) is 3.92. The number of benzene rings is 2. The summed E-state index contributed by atoms with van der Waals surface area (Å²) in [5.41, 5.74) is 2.88. The van der Waals surface area contributed by atoms with Gasteiger partial charge in [-0.25, -0.2) is 4.79 Å². The number of ether oxygens (including phenoxy) is 1. The number of halogens is 1. The number of rotatable bonds is 3. The lowest BCUT2D eigenvalue weighted by Gasteiger charge is -2.34. The van der Waals surface area contributed by atoms with Gasteiger partial charge in [-0.15, -0.1) is 0 Å². The van der Waals surface area contributed by atoms with Gasteiger partial charge in [-0.3, -0.25) is 9.59 Å². The van der Waals surface area contributed by atoms with Crippen molar-refractivity contribution in [3.8, 4) is 0 Å². The number of anilines is 1. The third-order valence-corrected chi connectivity index (χ3v) is 6.06. The average Bonchev–Trinajstić information content (AvgIpc) is 3.21. The first kappa shape index (κ1) is 20.4. The number of esters is 1. The average molecular weight is 427 g/mol. The first-order valence-electron chi connectivity index (χ1n) is 10.1. The topological polar surface area (TPSA) is 66.9 Å². The lowest BCUT2D eigenvalue weighted by Crippen LogP contribution is -2.46. The van der Waals surface area contributed by atoms with Gasteiger partial charge in [-0.1, -0.05) is 11.6 Å². The number of piperidine rings is 1. The molecule has 7 heteroatoms. The predicted molar refractivity (Wildman–Crippen MR) is 114 cm³/mol. The van der Waals surface area contributed by atoms with Crippen LogP contribution in [0.3, 0.4) is 0 Å². The van der Waals surface area contributed by atoms with Crippen molar-refractivity contribution in [3.63, 3.8) is 0 Å². The smallest absolute Gasteiger partial charge is 0.337 e. The second kappa shape index (κ2) is 8.48. The van der Waals surface area contributed by atoms with Crippen LogP contribution in [-0.2, 0) is 16.0 Å². The highest BCUT2D eigenvalue weighted by Gasteiger charge is 2.34. The van der Waals surface area contributed by atoms with Crippen molar-refractivity contribution >= 4 is 35.1 Å². The molecule has 2 aliphatic heterocycles. The molecule has 0 aliphatic carbocycles. The number of fused-ring (bicyclic) bond motifs is 1. The molecule has 2 amide bonds. The van der Waals surface area contributed by atoms with Crippen LogP contribution in [0.5, 0.6) is 0 Å². The Morgan fingerprint density at radius 1 is 1.03 bits per heavy atom. The van der Waals surface area contributed by atoms with Gasteiger partial charge in [0.05, 0.1) is 18.6 Å². The van der Waals surface area contributed by atoms with Crippen LogP contribution in [0.1, 0.15) is 39.1 Å². The minimum Gasteiger partial charge on any atom is -0.465 e. The van der Waals surface area contributed by atoms with Crippen LogP contribution in [0.4, 0.5) is 5.69 Å². The van der Waals surface area contributed by atoms with E-state index < -0.39 is 0 Å². The Labute approximate surface area is 180 Å². The molecule has 0 bridgehead atoms. The molecule has 2 aliphatic rings. The van der Waals surface area contributed by atoms with Gasteiger partial charge in [0.1, 0.15) is 0 Å². The first-order chi connectivity index (χ1) is 14.5. The van der Waals surface area contributed by atoms with Gasteiger partial charge in [0, 0.05) is 35.9 Å². The molecule has 1 saturated heterocycles. The van der Waals surface area contributed by atoms with Crippen LogP contribution in [-0.4, -0.2) is 49.4 Å². The summed E-state index contributed by atoms with van der Waals surface area (Å²) in [5.74, 6) is -0.658. The molecular formula is C23H23ClN2O4. The zero-order valence-corrected chi connectivity index (χ0v) is 17.5. The molecule has 156 valence electrons. The quantitative estimate of drug-likeness (QED) is 0.704. The number of carbonyl (C=O) groups excluding carboxylic acids is 3. The van der Waals surface area contributed by atoms with Crippen LogP contribution in [0.15, 0.2) is 42.5 Å². The summed E-state index contributed by atoms with van der Waals surface area (Å²) in [6.07, 6.45) is 2.25. The van der Waals surface area contributed by atoms with E-state index in [9.17, 15) is 14.4 Å². The number of likely N-dealkylation sites (tertiary alicyclic amines) is 1. The normalized spacial score (nSPS) is 18.1. The van der Waals surface area contributed by atoms with Gasteiger partial charge in [0.2, 0.25) is 5.91 Å². The molecule has 1 atom stereocenters. The Morgan fingerprint density at radius 2 is 1.77 bits per heavy atom. The summed E-state index contributed by atoms with van der Waals surface area (Å²) in [4.78, 5) is 41.4. The standard InChI is InChI=1S/C23H23ClN2O4/c1-30-23(29)17-6-9-20-16(13-17)10-12-26(20)22(28)18-3-2-11-25(14-18)21(27)15-4-7-19(24)8-5-15/h4-9,13,18H,2-3,10-12,14H2,1H3. The molecule has 2 aromatic rings. The lowest BCUT2D eigenvalue weighted by atomic mass is 9.95. The molecule has 0 aromatic heterocycles. The molecule has 2 aromatic carbocycles. The predicted octanol–water partition coefficient (Wildman–Crippen LogP) is 3.57. The van der Waals surface area contributed by atoms with E-state index in [4.69, 9.17) is 16.3 Å². The molecule has 0 radical (unpaired) electrons. The highest BCUT2D eigenvalue weighted by Crippen LogP contribution is 2.32. The van der Waals surface area contributed by atoms with Gasteiger partial charge < -0.3 is 14.5 Å². The van der Waals surface area contributed by atoms with Crippen molar-refractivity contribution in [3.05, 3.63) is 64.2 Å². The fraction of sp³-hybridized carbons (Fsp3) is 0.348. The van der Waals surface area contributed by atoms with Crippen molar-refractivity contribution in [2.24, 2.45) is 5.92 Å². The molecule has 2 heterocycles. The fourth-order valence-corrected chi connectivity index (χ4v) is 4.36. The molecule has 0 spiro atoms. The van der Waals surface area contributed by atoms with Crippen LogP contribution in [0, 0.1) is 5.92 Å². The first-order valence-corrected chi connectivity index (χ1v) is 10.4. The maximum absolute atomic E-state index is 13.3. The van der Waals surface area contributed by atoms with Gasteiger partial charge >= 0.3 is 5.97 Å². The van der Waals surface area contributed by atoms with E-state index in [0.717, 1.165) is 24.1 Å². The van der Waals surface area contributed by atoms with Crippen molar-refractivity contribution in [1.29, 1.82) is 0 Å². The Hall–Kier alpha value is -2.86. The van der Waals surface area contributed by atoms with Crippen LogP contribution in [0.25, 0.3) is 0 Å². The van der Waals surface area contributed by atoms with E-state index >= 15 is 0 Å². The second-order valence-electron chi connectivity index (χ2n) is 7.67. The summed E-state index contributed by atoms with van der Waals surface area (Å²) in [7, 11) is 1.35. The number of nitrogens with zero attached hydrogens (tertiary/aromatic N) is 2. The lowest BCUT2D eigenvalue weighted by molar-refractivity contribution is -0.123. The molecular weight excluding hydrogens is 404 g/mol. The molecule has 1 unspecified atom stereocenters. The summed E-state index contributed by atoms with van der Waals surface area (Å²) in [6, 6.07) is 12.1. The molecule has 0 N–H and O–H groups in total. The Bertz CT molecular complexity index is 989. The van der Waals surface area contributed by atoms with Crippen molar-refractivity contribution in [1.82, 2.24) is 4.90 Å². The summed E-state index contributed by atoms with van der Waals surface area (Å²) >= 11 is 5.92. The maximum atomic E-state index is 13.3. The minimum atomic E-state index is -0.383. The second-order valence-corrected chi connectivity index (χ2v) is 8.11. The highest BCUT2D eigenvalue weighted by atomic mass is 35.5. The molecule has 6 nitrogen and oxygen atoms in total. The van der Waals surface area contributed by atoms with Gasteiger partial charge in [-0.2, -0.15) is 0 Å². The zero-order valence-electron chi connectivity index (χ0n) is 16.8. The van der Waals surface area contributed by atoms with Crippen LogP contribution in [0.2, 0.25) is 5.02 Å². The fourth-order valence-electron chi connectivity index (χ4n) is 4.23. The van der Waals surface area contributed by atoms with Gasteiger partial charge in [-0.05, 0) is 67.3 Å². The van der Waals surface area contributed by atoms with Gasteiger partial charge in [0.25, 0.3) is 5.91 Å². The molecule has 1 fully saturated rings. The van der Waals surface area contributed by atoms with E-state index in [0.29, 0.717) is 42.2 Å². The van der Waals surface area contributed by atoms with Crippen LogP contribution >= 0.6 is 11.6 Å². The maximum Gasteiger partial charge on any atom is 0.337 e. The Kier molecular flexibility index (Phi) is 5.77. The van der Waals surface area contributed by atoms with E-state index in [-0.39, 0.29) is 23.7 Å². The highest BCUT2D eigenvalue weighted by molar-refractivity contribution is 6.30.